The zero-order chi connectivity index (χ0) is 21.7. The molecule has 8 nitrogen and oxygen atoms in total. The van der Waals surface area contributed by atoms with Crippen molar-refractivity contribution in [1.82, 2.24) is 13.9 Å². The highest BCUT2D eigenvalue weighted by molar-refractivity contribution is 7.89. The van der Waals surface area contributed by atoms with Crippen molar-refractivity contribution in [1.29, 1.82) is 0 Å². The SMILES string of the molecule is CC(=O)Nc1ccc(Cn2c(=O)n(C)c3cc(S(=O)(=O)NC4(C)CC4)ccc32)cc1. The summed E-state index contributed by atoms with van der Waals surface area (Å²) in [6.45, 7) is 3.66. The predicted octanol–water partition coefficient (Wildman–Crippen LogP) is 2.18. The number of amides is 1. The van der Waals surface area contributed by atoms with Crippen LogP contribution < -0.4 is 15.7 Å². The van der Waals surface area contributed by atoms with Crippen LogP contribution in [0.5, 0.6) is 0 Å². The van der Waals surface area contributed by atoms with Crippen molar-refractivity contribution in [2.75, 3.05) is 5.32 Å². The average molecular weight is 429 g/mol. The van der Waals surface area contributed by atoms with Gasteiger partial charge in [-0.25, -0.2) is 17.9 Å². The number of sulfonamides is 1. The number of nitrogens with one attached hydrogen (secondary N) is 2. The second-order valence-corrected chi connectivity index (χ2v) is 9.80. The molecular weight excluding hydrogens is 404 g/mol. The van der Waals surface area contributed by atoms with E-state index in [9.17, 15) is 18.0 Å². The quantitative estimate of drug-likeness (QED) is 0.628. The number of imidazole rings is 1. The maximum atomic E-state index is 12.8. The Bertz CT molecular complexity index is 1300. The number of anilines is 1. The molecule has 1 aromatic heterocycles. The lowest BCUT2D eigenvalue weighted by Gasteiger charge is -2.12. The van der Waals surface area contributed by atoms with Gasteiger partial charge >= 0.3 is 5.69 Å². The summed E-state index contributed by atoms with van der Waals surface area (Å²) in [5.74, 6) is -0.149. The molecule has 158 valence electrons. The molecule has 9 heteroatoms. The summed E-state index contributed by atoms with van der Waals surface area (Å²) >= 11 is 0. The van der Waals surface area contributed by atoms with Gasteiger partial charge in [-0.15, -0.1) is 0 Å². The second kappa shape index (κ2) is 7.10. The molecule has 0 aliphatic heterocycles. The molecule has 4 rings (SSSR count). The highest BCUT2D eigenvalue weighted by Gasteiger charge is 2.41. The summed E-state index contributed by atoms with van der Waals surface area (Å²) in [5, 5.41) is 2.71. The monoisotopic (exact) mass is 428 g/mol. The Labute approximate surface area is 174 Å². The summed E-state index contributed by atoms with van der Waals surface area (Å²) in [4.78, 5) is 24.1. The molecule has 0 unspecified atom stereocenters. The van der Waals surface area contributed by atoms with Crippen molar-refractivity contribution in [3.63, 3.8) is 0 Å². The number of carbonyl (C=O) groups is 1. The number of hydrogen-bond donors (Lipinski definition) is 2. The van der Waals surface area contributed by atoms with E-state index < -0.39 is 10.0 Å². The maximum Gasteiger partial charge on any atom is 0.329 e. The van der Waals surface area contributed by atoms with E-state index >= 15 is 0 Å². The van der Waals surface area contributed by atoms with E-state index in [-0.39, 0.29) is 22.0 Å². The van der Waals surface area contributed by atoms with Crippen molar-refractivity contribution < 1.29 is 13.2 Å². The highest BCUT2D eigenvalue weighted by atomic mass is 32.2. The number of hydrogen-bond acceptors (Lipinski definition) is 4. The summed E-state index contributed by atoms with van der Waals surface area (Å²) in [7, 11) is -2.02. The minimum Gasteiger partial charge on any atom is -0.326 e. The van der Waals surface area contributed by atoms with Gasteiger partial charge in [0.25, 0.3) is 0 Å². The number of benzene rings is 2. The normalized spacial score (nSPS) is 15.3. The number of fused-ring (bicyclic) bond motifs is 1. The average Bonchev–Trinajstić information content (AvgIpc) is 3.35. The van der Waals surface area contributed by atoms with Crippen LogP contribution in [0, 0.1) is 0 Å². The first-order valence-corrected chi connectivity index (χ1v) is 11.2. The summed E-state index contributed by atoms with van der Waals surface area (Å²) in [6.07, 6.45) is 1.65. The minimum atomic E-state index is -3.65. The number of aryl methyl sites for hydroxylation is 1. The number of rotatable bonds is 6. The lowest BCUT2D eigenvalue weighted by atomic mass is 10.2. The molecule has 1 aliphatic carbocycles. The Morgan fingerprint density at radius 2 is 1.77 bits per heavy atom. The summed E-state index contributed by atoms with van der Waals surface area (Å²) in [6, 6.07) is 12.0. The van der Waals surface area contributed by atoms with Crippen LogP contribution in [0.1, 0.15) is 32.3 Å². The van der Waals surface area contributed by atoms with Gasteiger partial charge in [-0.3, -0.25) is 13.9 Å². The Balaban J connectivity index is 1.67. The first kappa shape index (κ1) is 20.4. The third-order valence-electron chi connectivity index (χ3n) is 5.42. The Hall–Kier alpha value is -2.91. The first-order valence-electron chi connectivity index (χ1n) is 9.68. The van der Waals surface area contributed by atoms with Gasteiger partial charge in [0, 0.05) is 25.2 Å². The number of carbonyl (C=O) groups excluding carboxylic acids is 1. The fraction of sp³-hybridized carbons (Fsp3) is 0.333. The van der Waals surface area contributed by atoms with Crippen LogP contribution in [0.25, 0.3) is 11.0 Å². The Kier molecular flexibility index (Phi) is 4.82. The van der Waals surface area contributed by atoms with Gasteiger partial charge in [-0.1, -0.05) is 12.1 Å². The van der Waals surface area contributed by atoms with E-state index in [0.29, 0.717) is 23.3 Å². The molecule has 1 fully saturated rings. The van der Waals surface area contributed by atoms with E-state index in [2.05, 4.69) is 10.0 Å². The van der Waals surface area contributed by atoms with Gasteiger partial charge in [0.15, 0.2) is 0 Å². The van der Waals surface area contributed by atoms with Crippen LogP contribution in [-0.2, 0) is 28.4 Å². The van der Waals surface area contributed by atoms with Crippen LogP contribution in [0.2, 0.25) is 0 Å². The minimum absolute atomic E-state index is 0.149. The zero-order valence-corrected chi connectivity index (χ0v) is 17.9. The predicted molar refractivity (Wildman–Crippen MR) is 115 cm³/mol. The molecule has 0 saturated heterocycles. The fourth-order valence-corrected chi connectivity index (χ4v) is 4.94. The molecule has 30 heavy (non-hydrogen) atoms. The van der Waals surface area contributed by atoms with Crippen LogP contribution in [0.3, 0.4) is 0 Å². The number of nitrogens with zero attached hydrogens (tertiary/aromatic N) is 2. The molecule has 1 aliphatic rings. The van der Waals surface area contributed by atoms with E-state index in [0.717, 1.165) is 18.4 Å². The molecule has 1 heterocycles. The molecule has 2 N–H and O–H groups in total. The van der Waals surface area contributed by atoms with Gasteiger partial charge in [-0.2, -0.15) is 0 Å². The van der Waals surface area contributed by atoms with Crippen molar-refractivity contribution in [3.05, 3.63) is 58.5 Å². The molecule has 0 spiro atoms. The van der Waals surface area contributed by atoms with Gasteiger partial charge in [-0.05, 0) is 55.7 Å². The van der Waals surface area contributed by atoms with Crippen molar-refractivity contribution in [2.45, 2.75) is 43.7 Å². The van der Waals surface area contributed by atoms with Crippen LogP contribution in [0.15, 0.2) is 52.2 Å². The molecule has 0 atom stereocenters. The first-order chi connectivity index (χ1) is 14.1. The van der Waals surface area contributed by atoms with Gasteiger partial charge in [0.1, 0.15) is 0 Å². The fourth-order valence-electron chi connectivity index (χ4n) is 3.46. The highest BCUT2D eigenvalue weighted by Crippen LogP contribution is 2.36. The largest absolute Gasteiger partial charge is 0.329 e. The topological polar surface area (TPSA) is 102 Å². The smallest absolute Gasteiger partial charge is 0.326 e. The maximum absolute atomic E-state index is 12.8. The van der Waals surface area contributed by atoms with Gasteiger partial charge in [0.2, 0.25) is 15.9 Å². The van der Waals surface area contributed by atoms with Crippen LogP contribution in [0.4, 0.5) is 5.69 Å². The van der Waals surface area contributed by atoms with Gasteiger partial charge in [0.05, 0.1) is 22.5 Å². The van der Waals surface area contributed by atoms with E-state index in [4.69, 9.17) is 0 Å². The molecule has 1 saturated carbocycles. The van der Waals surface area contributed by atoms with E-state index in [1.807, 2.05) is 19.1 Å². The second-order valence-electron chi connectivity index (χ2n) is 8.12. The summed E-state index contributed by atoms with van der Waals surface area (Å²) < 4.78 is 31.2. The van der Waals surface area contributed by atoms with Crippen molar-refractivity contribution >= 4 is 32.7 Å². The lowest BCUT2D eigenvalue weighted by molar-refractivity contribution is -0.114. The standard InChI is InChI=1S/C21H24N4O4S/c1-14(26)22-16-6-4-15(5-7-16)13-25-18-9-8-17(12-19(18)24(3)20(25)27)30(28,29)23-21(2)10-11-21/h4-9,12,23H,10-11,13H2,1-3H3,(H,22,26). The molecule has 2 aromatic carbocycles. The Morgan fingerprint density at radius 3 is 2.37 bits per heavy atom. The lowest BCUT2D eigenvalue weighted by Crippen LogP contribution is -2.34. The van der Waals surface area contributed by atoms with Crippen molar-refractivity contribution in [3.8, 4) is 0 Å². The van der Waals surface area contributed by atoms with Gasteiger partial charge < -0.3 is 5.32 Å². The molecular formula is C21H24N4O4S. The van der Waals surface area contributed by atoms with Crippen LogP contribution in [-0.4, -0.2) is 29.0 Å². The molecule has 0 bridgehead atoms. The van der Waals surface area contributed by atoms with Crippen molar-refractivity contribution in [2.24, 2.45) is 7.05 Å². The number of aromatic nitrogens is 2. The zero-order valence-electron chi connectivity index (χ0n) is 17.1. The molecule has 1 amide bonds. The van der Waals surface area contributed by atoms with E-state index in [1.54, 1.807) is 35.9 Å². The molecule has 3 aromatic rings. The summed E-state index contributed by atoms with van der Waals surface area (Å²) in [5.41, 5.74) is 2.19. The Morgan fingerprint density at radius 1 is 1.10 bits per heavy atom. The van der Waals surface area contributed by atoms with Crippen LogP contribution >= 0.6 is 0 Å². The van der Waals surface area contributed by atoms with E-state index in [1.165, 1.54) is 17.6 Å². The third-order valence-corrected chi connectivity index (χ3v) is 7.06. The molecule has 0 radical (unpaired) electrons. The third kappa shape index (κ3) is 3.90.